The zero-order valence-electron chi connectivity index (χ0n) is 11.5. The van der Waals surface area contributed by atoms with Crippen molar-refractivity contribution in [3.05, 3.63) is 33.8 Å². The van der Waals surface area contributed by atoms with E-state index in [1.54, 1.807) is 0 Å². The minimum Gasteiger partial charge on any atom is -0.310 e. The molecule has 19 heavy (non-hydrogen) atoms. The summed E-state index contributed by atoms with van der Waals surface area (Å²) in [5.74, 6) is 0. The van der Waals surface area contributed by atoms with Crippen LogP contribution in [0.2, 0.25) is 10.0 Å². The van der Waals surface area contributed by atoms with E-state index in [0.29, 0.717) is 11.1 Å². The number of nitrogens with one attached hydrogen (secondary N) is 1. The van der Waals surface area contributed by atoms with Crippen molar-refractivity contribution in [2.75, 3.05) is 19.6 Å². The highest BCUT2D eigenvalue weighted by Gasteiger charge is 2.18. The molecule has 0 spiro atoms. The number of hydrogen-bond acceptors (Lipinski definition) is 2. The van der Waals surface area contributed by atoms with Crippen LogP contribution in [0.4, 0.5) is 0 Å². The molecule has 0 amide bonds. The first-order valence-electron chi connectivity index (χ1n) is 7.08. The topological polar surface area (TPSA) is 15.3 Å². The number of hydrogen-bond donors (Lipinski definition) is 1. The minimum atomic E-state index is 0.611. The second-order valence-corrected chi connectivity index (χ2v) is 6.08. The van der Waals surface area contributed by atoms with Crippen LogP contribution in [0.5, 0.6) is 0 Å². The number of nitrogens with zero attached hydrogens (tertiary/aromatic N) is 1. The van der Waals surface area contributed by atoms with E-state index in [-0.39, 0.29) is 0 Å². The number of halogens is 2. The fraction of sp³-hybridized carbons (Fsp3) is 0.600. The number of piperidine rings is 1. The van der Waals surface area contributed by atoms with E-state index < -0.39 is 0 Å². The summed E-state index contributed by atoms with van der Waals surface area (Å²) in [7, 11) is 0. The van der Waals surface area contributed by atoms with Gasteiger partial charge in [0.25, 0.3) is 0 Å². The van der Waals surface area contributed by atoms with E-state index in [1.165, 1.54) is 38.9 Å². The molecule has 2 nitrogen and oxygen atoms in total. The van der Waals surface area contributed by atoms with Crippen LogP contribution in [-0.2, 0) is 6.54 Å². The summed E-state index contributed by atoms with van der Waals surface area (Å²) in [6.45, 7) is 6.72. The Hall–Kier alpha value is -0.280. The third-order valence-corrected chi connectivity index (χ3v) is 4.31. The molecule has 1 fully saturated rings. The molecule has 1 aromatic carbocycles. The van der Waals surface area contributed by atoms with Crippen molar-refractivity contribution in [3.63, 3.8) is 0 Å². The maximum absolute atomic E-state index is 6.18. The van der Waals surface area contributed by atoms with Gasteiger partial charge in [0.15, 0.2) is 0 Å². The smallest absolute Gasteiger partial charge is 0.0465 e. The lowest BCUT2D eigenvalue weighted by Gasteiger charge is -2.32. The summed E-state index contributed by atoms with van der Waals surface area (Å²) in [5.41, 5.74) is 1.13. The van der Waals surface area contributed by atoms with E-state index in [4.69, 9.17) is 23.2 Å². The molecule has 0 unspecified atom stereocenters. The molecule has 0 atom stereocenters. The van der Waals surface area contributed by atoms with Crippen molar-refractivity contribution >= 4 is 23.2 Å². The predicted molar refractivity (Wildman–Crippen MR) is 83.1 cm³/mol. The summed E-state index contributed by atoms with van der Waals surface area (Å²) >= 11 is 12.1. The van der Waals surface area contributed by atoms with Crippen LogP contribution in [-0.4, -0.2) is 30.6 Å². The highest BCUT2D eigenvalue weighted by molar-refractivity contribution is 6.35. The molecule has 0 saturated carbocycles. The van der Waals surface area contributed by atoms with E-state index in [1.807, 2.05) is 18.2 Å². The Morgan fingerprint density at radius 2 is 2.00 bits per heavy atom. The SMILES string of the molecule is CCCN1CCC(NCc2ccc(Cl)cc2Cl)CC1. The molecule has 0 aromatic heterocycles. The molecule has 0 radical (unpaired) electrons. The van der Waals surface area contributed by atoms with Crippen molar-refractivity contribution in [2.45, 2.75) is 38.8 Å². The average molecular weight is 301 g/mol. The molecule has 4 heteroatoms. The van der Waals surface area contributed by atoms with Crippen molar-refractivity contribution in [1.29, 1.82) is 0 Å². The summed E-state index contributed by atoms with van der Waals surface area (Å²) in [6.07, 6.45) is 3.70. The summed E-state index contributed by atoms with van der Waals surface area (Å²) in [4.78, 5) is 2.55. The van der Waals surface area contributed by atoms with Crippen molar-refractivity contribution < 1.29 is 0 Å². The Morgan fingerprint density at radius 3 is 2.63 bits per heavy atom. The number of likely N-dealkylation sites (tertiary alicyclic amines) is 1. The molecular weight excluding hydrogens is 279 g/mol. The number of rotatable bonds is 5. The Morgan fingerprint density at radius 1 is 1.26 bits per heavy atom. The van der Waals surface area contributed by atoms with Gasteiger partial charge in [0, 0.05) is 22.6 Å². The van der Waals surface area contributed by atoms with Crippen LogP contribution >= 0.6 is 23.2 Å². The highest BCUT2D eigenvalue weighted by atomic mass is 35.5. The molecule has 1 heterocycles. The molecule has 1 N–H and O–H groups in total. The third-order valence-electron chi connectivity index (χ3n) is 3.72. The van der Waals surface area contributed by atoms with Crippen LogP contribution in [0.15, 0.2) is 18.2 Å². The molecule has 0 bridgehead atoms. The first-order chi connectivity index (χ1) is 9.19. The summed E-state index contributed by atoms with van der Waals surface area (Å²) in [6, 6.07) is 6.32. The van der Waals surface area contributed by atoms with Crippen LogP contribution in [0, 0.1) is 0 Å². The largest absolute Gasteiger partial charge is 0.310 e. The molecular formula is C15H22Cl2N2. The Kier molecular flexibility index (Phi) is 5.96. The highest BCUT2D eigenvalue weighted by Crippen LogP contribution is 2.21. The molecule has 1 saturated heterocycles. The van der Waals surface area contributed by atoms with Gasteiger partial charge >= 0.3 is 0 Å². The van der Waals surface area contributed by atoms with Crippen molar-refractivity contribution in [2.24, 2.45) is 0 Å². The Balaban J connectivity index is 1.77. The lowest BCUT2D eigenvalue weighted by Crippen LogP contribution is -2.42. The molecule has 1 aromatic rings. The molecule has 0 aliphatic carbocycles. The van der Waals surface area contributed by atoms with E-state index >= 15 is 0 Å². The first kappa shape index (κ1) is 15.1. The Labute approximate surface area is 126 Å². The van der Waals surface area contributed by atoms with Gasteiger partial charge in [-0.15, -0.1) is 0 Å². The molecule has 106 valence electrons. The fourth-order valence-electron chi connectivity index (χ4n) is 2.60. The van der Waals surface area contributed by atoms with Gasteiger partial charge in [0.05, 0.1) is 0 Å². The van der Waals surface area contributed by atoms with Crippen molar-refractivity contribution in [3.8, 4) is 0 Å². The van der Waals surface area contributed by atoms with Gasteiger partial charge in [-0.2, -0.15) is 0 Å². The van der Waals surface area contributed by atoms with Crippen LogP contribution in [0.25, 0.3) is 0 Å². The normalized spacial score (nSPS) is 17.8. The van der Waals surface area contributed by atoms with Gasteiger partial charge in [-0.1, -0.05) is 36.2 Å². The quantitative estimate of drug-likeness (QED) is 0.885. The monoisotopic (exact) mass is 300 g/mol. The fourth-order valence-corrected chi connectivity index (χ4v) is 3.07. The van der Waals surface area contributed by atoms with E-state index in [9.17, 15) is 0 Å². The maximum Gasteiger partial charge on any atom is 0.0465 e. The second-order valence-electron chi connectivity index (χ2n) is 5.23. The summed E-state index contributed by atoms with van der Waals surface area (Å²) in [5, 5.41) is 5.06. The second kappa shape index (κ2) is 7.49. The van der Waals surface area contributed by atoms with Crippen LogP contribution < -0.4 is 5.32 Å². The summed E-state index contributed by atoms with van der Waals surface area (Å²) < 4.78 is 0. The van der Waals surface area contributed by atoms with Gasteiger partial charge in [0.1, 0.15) is 0 Å². The van der Waals surface area contributed by atoms with E-state index in [2.05, 4.69) is 17.1 Å². The predicted octanol–water partition coefficient (Wildman–Crippen LogP) is 3.96. The first-order valence-corrected chi connectivity index (χ1v) is 7.84. The minimum absolute atomic E-state index is 0.611. The lowest BCUT2D eigenvalue weighted by atomic mass is 10.0. The third kappa shape index (κ3) is 4.64. The number of benzene rings is 1. The van der Waals surface area contributed by atoms with Crippen molar-refractivity contribution in [1.82, 2.24) is 10.2 Å². The molecule has 2 rings (SSSR count). The standard InChI is InChI=1S/C15H22Cl2N2/c1-2-7-19-8-5-14(6-9-19)18-11-12-3-4-13(16)10-15(12)17/h3-4,10,14,18H,2,5-9,11H2,1H3. The lowest BCUT2D eigenvalue weighted by molar-refractivity contribution is 0.197. The molecule has 1 aliphatic heterocycles. The van der Waals surface area contributed by atoms with Gasteiger partial charge in [0.2, 0.25) is 0 Å². The maximum atomic E-state index is 6.18. The van der Waals surface area contributed by atoms with Gasteiger partial charge in [-0.05, 0) is 56.6 Å². The zero-order valence-corrected chi connectivity index (χ0v) is 13.0. The Bertz CT molecular complexity index is 401. The van der Waals surface area contributed by atoms with Gasteiger partial charge < -0.3 is 10.2 Å². The van der Waals surface area contributed by atoms with Gasteiger partial charge in [-0.25, -0.2) is 0 Å². The zero-order chi connectivity index (χ0) is 13.7. The van der Waals surface area contributed by atoms with Crippen LogP contribution in [0.3, 0.4) is 0 Å². The van der Waals surface area contributed by atoms with Gasteiger partial charge in [-0.3, -0.25) is 0 Å². The molecule has 1 aliphatic rings. The van der Waals surface area contributed by atoms with E-state index in [0.717, 1.165) is 17.1 Å². The van der Waals surface area contributed by atoms with Crippen LogP contribution in [0.1, 0.15) is 31.7 Å². The average Bonchev–Trinajstić information content (AvgIpc) is 2.40.